The van der Waals surface area contributed by atoms with Crippen molar-refractivity contribution in [1.82, 2.24) is 0 Å². The number of hydrogen-bond donors (Lipinski definition) is 0. The molecule has 0 N–H and O–H groups in total. The number of benzene rings is 2. The van der Waals surface area contributed by atoms with E-state index in [0.717, 1.165) is 17.9 Å². The summed E-state index contributed by atoms with van der Waals surface area (Å²) in [4.78, 5) is 0. The van der Waals surface area contributed by atoms with Gasteiger partial charge in [0.25, 0.3) is 0 Å². The summed E-state index contributed by atoms with van der Waals surface area (Å²) in [5, 5.41) is 0. The second-order valence-corrected chi connectivity index (χ2v) is 4.57. The molecular weight excluding hydrogens is 212 g/mol. The van der Waals surface area contributed by atoms with Gasteiger partial charge in [-0.25, -0.2) is 0 Å². The van der Waals surface area contributed by atoms with E-state index >= 15 is 0 Å². The molecule has 1 atom stereocenters. The molecule has 17 heavy (non-hydrogen) atoms. The molecule has 2 aromatic carbocycles. The molecule has 1 unspecified atom stereocenters. The molecule has 1 aliphatic carbocycles. The molecule has 0 saturated heterocycles. The second-order valence-electron chi connectivity index (χ2n) is 4.57. The first-order valence-corrected chi connectivity index (χ1v) is 5.89. The first kappa shape index (κ1) is 9.11. The molecule has 1 heterocycles. The lowest BCUT2D eigenvalue weighted by Crippen LogP contribution is -2.17. The van der Waals surface area contributed by atoms with Crippen molar-refractivity contribution >= 4 is 0 Å². The molecule has 2 aromatic rings. The maximum absolute atomic E-state index is 5.43. The van der Waals surface area contributed by atoms with E-state index in [0.29, 0.717) is 12.7 Å². The first-order chi connectivity index (χ1) is 8.42. The van der Waals surface area contributed by atoms with Gasteiger partial charge in [0.05, 0.1) is 0 Å². The second kappa shape index (κ2) is 3.27. The third-order valence-corrected chi connectivity index (χ3v) is 3.64. The van der Waals surface area contributed by atoms with Crippen molar-refractivity contribution in [2.45, 2.75) is 12.3 Å². The molecular formula is C15H12O2. The van der Waals surface area contributed by atoms with E-state index in [2.05, 4.69) is 42.5 Å². The standard InChI is InChI=1S/C15H12O2/c1-2-4-10(5-3-1)12-6-11-7-14-15(8-13(11)12)17-9-16-14/h1-5,7-8,12H,6,9H2. The molecule has 0 aromatic heterocycles. The highest BCUT2D eigenvalue weighted by Gasteiger charge is 2.30. The first-order valence-electron chi connectivity index (χ1n) is 5.89. The molecule has 0 spiro atoms. The van der Waals surface area contributed by atoms with Crippen LogP contribution >= 0.6 is 0 Å². The fourth-order valence-corrected chi connectivity index (χ4v) is 2.68. The summed E-state index contributed by atoms with van der Waals surface area (Å²) in [6.45, 7) is 0.355. The van der Waals surface area contributed by atoms with Crippen LogP contribution in [0.25, 0.3) is 0 Å². The Morgan fingerprint density at radius 3 is 2.53 bits per heavy atom. The average molecular weight is 224 g/mol. The highest BCUT2D eigenvalue weighted by atomic mass is 16.7. The van der Waals surface area contributed by atoms with E-state index in [-0.39, 0.29) is 0 Å². The summed E-state index contributed by atoms with van der Waals surface area (Å²) >= 11 is 0. The number of hydrogen-bond acceptors (Lipinski definition) is 2. The highest BCUT2D eigenvalue weighted by Crippen LogP contribution is 2.46. The van der Waals surface area contributed by atoms with E-state index in [1.165, 1.54) is 16.7 Å². The van der Waals surface area contributed by atoms with Gasteiger partial charge in [0, 0.05) is 5.92 Å². The minimum absolute atomic E-state index is 0.355. The summed E-state index contributed by atoms with van der Waals surface area (Å²) in [5.41, 5.74) is 4.17. The Bertz CT molecular complexity index is 575. The number of fused-ring (bicyclic) bond motifs is 2. The lowest BCUT2D eigenvalue weighted by Gasteiger charge is -2.30. The van der Waals surface area contributed by atoms with Gasteiger partial charge in [0.1, 0.15) is 0 Å². The maximum Gasteiger partial charge on any atom is 0.231 e. The third-order valence-electron chi connectivity index (χ3n) is 3.64. The molecule has 2 nitrogen and oxygen atoms in total. The minimum Gasteiger partial charge on any atom is -0.454 e. The van der Waals surface area contributed by atoms with Crippen LogP contribution in [0.4, 0.5) is 0 Å². The zero-order valence-electron chi connectivity index (χ0n) is 9.35. The van der Waals surface area contributed by atoms with Gasteiger partial charge in [-0.15, -0.1) is 0 Å². The van der Waals surface area contributed by atoms with Crippen molar-refractivity contribution < 1.29 is 9.47 Å². The van der Waals surface area contributed by atoms with Crippen molar-refractivity contribution in [2.24, 2.45) is 0 Å². The van der Waals surface area contributed by atoms with E-state index in [9.17, 15) is 0 Å². The summed E-state index contributed by atoms with van der Waals surface area (Å²) in [7, 11) is 0. The van der Waals surface area contributed by atoms with Crippen LogP contribution in [0.2, 0.25) is 0 Å². The Balaban J connectivity index is 1.76. The SMILES string of the molecule is c1ccc(C2Cc3cc4c(cc32)OCO4)cc1. The van der Waals surface area contributed by atoms with Gasteiger partial charge >= 0.3 is 0 Å². The van der Waals surface area contributed by atoms with Gasteiger partial charge in [-0.1, -0.05) is 30.3 Å². The van der Waals surface area contributed by atoms with Crippen molar-refractivity contribution in [3.63, 3.8) is 0 Å². The van der Waals surface area contributed by atoms with Crippen molar-refractivity contribution in [1.29, 1.82) is 0 Å². The fourth-order valence-electron chi connectivity index (χ4n) is 2.68. The molecule has 0 amide bonds. The highest BCUT2D eigenvalue weighted by molar-refractivity contribution is 5.56. The van der Waals surface area contributed by atoms with E-state index in [4.69, 9.17) is 9.47 Å². The van der Waals surface area contributed by atoms with E-state index < -0.39 is 0 Å². The summed E-state index contributed by atoms with van der Waals surface area (Å²) in [6, 6.07) is 14.9. The number of rotatable bonds is 1. The predicted octanol–water partition coefficient (Wildman–Crippen LogP) is 3.10. The smallest absolute Gasteiger partial charge is 0.231 e. The minimum atomic E-state index is 0.355. The molecule has 0 saturated carbocycles. The van der Waals surface area contributed by atoms with Gasteiger partial charge in [-0.3, -0.25) is 0 Å². The zero-order valence-corrected chi connectivity index (χ0v) is 9.35. The van der Waals surface area contributed by atoms with E-state index in [1.807, 2.05) is 0 Å². The summed E-state index contributed by atoms with van der Waals surface area (Å²) in [6.07, 6.45) is 1.11. The van der Waals surface area contributed by atoms with Gasteiger partial charge < -0.3 is 9.47 Å². The van der Waals surface area contributed by atoms with Crippen molar-refractivity contribution in [2.75, 3.05) is 6.79 Å². The maximum atomic E-state index is 5.43. The molecule has 0 radical (unpaired) electrons. The molecule has 84 valence electrons. The summed E-state index contributed by atoms with van der Waals surface area (Å²) < 4.78 is 10.8. The van der Waals surface area contributed by atoms with Crippen LogP contribution in [-0.2, 0) is 6.42 Å². The van der Waals surface area contributed by atoms with Crippen LogP contribution in [0.3, 0.4) is 0 Å². The molecule has 1 aliphatic heterocycles. The van der Waals surface area contributed by atoms with E-state index in [1.54, 1.807) is 0 Å². The lowest BCUT2D eigenvalue weighted by atomic mass is 9.73. The Morgan fingerprint density at radius 2 is 1.71 bits per heavy atom. The molecule has 0 fully saturated rings. The third kappa shape index (κ3) is 1.27. The Kier molecular flexibility index (Phi) is 1.75. The summed E-state index contributed by atoms with van der Waals surface area (Å²) in [5.74, 6) is 2.32. The van der Waals surface area contributed by atoms with Crippen LogP contribution in [0, 0.1) is 0 Å². The molecule has 2 heteroatoms. The van der Waals surface area contributed by atoms with Crippen LogP contribution in [0.1, 0.15) is 22.6 Å². The van der Waals surface area contributed by atoms with Crippen LogP contribution in [0.15, 0.2) is 42.5 Å². The molecule has 2 aliphatic rings. The lowest BCUT2D eigenvalue weighted by molar-refractivity contribution is 0.174. The Morgan fingerprint density at radius 1 is 0.941 bits per heavy atom. The van der Waals surface area contributed by atoms with Crippen LogP contribution < -0.4 is 9.47 Å². The predicted molar refractivity (Wildman–Crippen MR) is 64.6 cm³/mol. The van der Waals surface area contributed by atoms with Crippen LogP contribution in [-0.4, -0.2) is 6.79 Å². The average Bonchev–Trinajstić information content (AvgIpc) is 2.80. The Hall–Kier alpha value is -1.96. The zero-order chi connectivity index (χ0) is 11.2. The largest absolute Gasteiger partial charge is 0.454 e. The normalized spacial score (nSPS) is 19.6. The van der Waals surface area contributed by atoms with Gasteiger partial charge in [0.2, 0.25) is 6.79 Å². The topological polar surface area (TPSA) is 18.5 Å². The van der Waals surface area contributed by atoms with Crippen molar-refractivity contribution in [3.8, 4) is 11.5 Å². The quantitative estimate of drug-likeness (QED) is 0.741. The van der Waals surface area contributed by atoms with Gasteiger partial charge in [-0.05, 0) is 35.2 Å². The number of ether oxygens (including phenoxy) is 2. The van der Waals surface area contributed by atoms with Crippen LogP contribution in [0.5, 0.6) is 11.5 Å². The molecule has 4 rings (SSSR count). The fraction of sp³-hybridized carbons (Fsp3) is 0.200. The van der Waals surface area contributed by atoms with Gasteiger partial charge in [0.15, 0.2) is 11.5 Å². The monoisotopic (exact) mass is 224 g/mol. The van der Waals surface area contributed by atoms with Gasteiger partial charge in [-0.2, -0.15) is 0 Å². The van der Waals surface area contributed by atoms with Crippen molar-refractivity contribution in [3.05, 3.63) is 59.2 Å². The Labute approximate surface area is 99.8 Å². The molecule has 0 bridgehead atoms.